The predicted octanol–water partition coefficient (Wildman–Crippen LogP) is 3.34. The van der Waals surface area contributed by atoms with Gasteiger partial charge in [-0.2, -0.15) is 0 Å². The molecule has 2 atom stereocenters. The van der Waals surface area contributed by atoms with E-state index in [-0.39, 0.29) is 6.10 Å². The van der Waals surface area contributed by atoms with E-state index in [4.69, 9.17) is 4.74 Å². The molecule has 1 saturated heterocycles. The molecular formula is C18H17N3OS. The average Bonchev–Trinajstić information content (AvgIpc) is 3.26. The fourth-order valence-electron chi connectivity index (χ4n) is 2.90. The first kappa shape index (κ1) is 14.4. The first-order valence-corrected chi connectivity index (χ1v) is 8.56. The highest BCUT2D eigenvalue weighted by Crippen LogP contribution is 2.31. The average molecular weight is 323 g/mol. The summed E-state index contributed by atoms with van der Waals surface area (Å²) >= 11 is 1.54. The molecule has 0 aliphatic carbocycles. The molecule has 1 aromatic carbocycles. The zero-order valence-corrected chi connectivity index (χ0v) is 13.4. The summed E-state index contributed by atoms with van der Waals surface area (Å²) < 4.78 is 6.17. The van der Waals surface area contributed by atoms with Crippen molar-refractivity contribution in [2.75, 3.05) is 13.1 Å². The lowest BCUT2D eigenvalue weighted by Gasteiger charge is -2.18. The summed E-state index contributed by atoms with van der Waals surface area (Å²) in [5.74, 6) is 0.363. The Hall–Kier alpha value is -2.24. The Bertz CT molecular complexity index is 760. The zero-order valence-electron chi connectivity index (χ0n) is 12.6. The molecule has 116 valence electrons. The van der Waals surface area contributed by atoms with Gasteiger partial charge in [-0.1, -0.05) is 41.7 Å². The van der Waals surface area contributed by atoms with E-state index in [9.17, 15) is 0 Å². The molecule has 0 amide bonds. The van der Waals surface area contributed by atoms with Crippen LogP contribution in [0.3, 0.4) is 0 Å². The van der Waals surface area contributed by atoms with Crippen molar-refractivity contribution >= 4 is 11.3 Å². The second-order valence-electron chi connectivity index (χ2n) is 5.57. The predicted molar refractivity (Wildman–Crippen MR) is 91.8 cm³/mol. The Morgan fingerprint density at radius 3 is 2.83 bits per heavy atom. The summed E-state index contributed by atoms with van der Waals surface area (Å²) in [6, 6.07) is 14.5. The quantitative estimate of drug-likeness (QED) is 0.800. The smallest absolute Gasteiger partial charge is 0.274 e. The lowest BCUT2D eigenvalue weighted by molar-refractivity contribution is 0.203. The maximum Gasteiger partial charge on any atom is 0.274 e. The van der Waals surface area contributed by atoms with Gasteiger partial charge < -0.3 is 10.1 Å². The van der Waals surface area contributed by atoms with Crippen LogP contribution in [0.5, 0.6) is 5.19 Å². The van der Waals surface area contributed by atoms with Crippen molar-refractivity contribution in [3.63, 3.8) is 0 Å². The van der Waals surface area contributed by atoms with Crippen molar-refractivity contribution in [3.05, 3.63) is 65.8 Å². The minimum Gasteiger partial charge on any atom is -0.465 e. The third kappa shape index (κ3) is 3.11. The van der Waals surface area contributed by atoms with Crippen molar-refractivity contribution in [2.24, 2.45) is 0 Å². The standard InChI is InChI=1S/C18H17N3OS/c1-2-5-13(6-3-1)15-10-20-11-17(15)22-18-21-16(12-23-18)14-7-4-8-19-9-14/h1-9,12,15,17,20H,10-11H2/t15-,17+/m0/s1. The van der Waals surface area contributed by atoms with Crippen molar-refractivity contribution in [2.45, 2.75) is 12.0 Å². The topological polar surface area (TPSA) is 47.0 Å². The Labute approximate surface area is 139 Å². The largest absolute Gasteiger partial charge is 0.465 e. The van der Waals surface area contributed by atoms with E-state index in [1.54, 1.807) is 6.20 Å². The molecule has 0 radical (unpaired) electrons. The van der Waals surface area contributed by atoms with Gasteiger partial charge in [-0.3, -0.25) is 4.98 Å². The second kappa shape index (κ2) is 6.48. The van der Waals surface area contributed by atoms with Crippen LogP contribution in [0, 0.1) is 0 Å². The second-order valence-corrected chi connectivity index (χ2v) is 6.39. The molecule has 0 spiro atoms. The van der Waals surface area contributed by atoms with Crippen LogP contribution in [-0.4, -0.2) is 29.2 Å². The van der Waals surface area contributed by atoms with Gasteiger partial charge in [0.1, 0.15) is 6.10 Å². The summed E-state index contributed by atoms with van der Waals surface area (Å²) in [4.78, 5) is 8.74. The van der Waals surface area contributed by atoms with Gasteiger partial charge in [0.05, 0.1) is 5.69 Å². The summed E-state index contributed by atoms with van der Waals surface area (Å²) in [5.41, 5.74) is 3.25. The van der Waals surface area contributed by atoms with Gasteiger partial charge in [-0.25, -0.2) is 4.98 Å². The van der Waals surface area contributed by atoms with Crippen LogP contribution in [0.2, 0.25) is 0 Å². The van der Waals surface area contributed by atoms with E-state index in [1.165, 1.54) is 16.9 Å². The lowest BCUT2D eigenvalue weighted by Crippen LogP contribution is -2.24. The fraction of sp³-hybridized carbons (Fsp3) is 0.222. The van der Waals surface area contributed by atoms with E-state index in [2.05, 4.69) is 39.6 Å². The molecule has 0 saturated carbocycles. The molecule has 2 aromatic heterocycles. The molecule has 0 bridgehead atoms. The number of benzene rings is 1. The summed E-state index contributed by atoms with van der Waals surface area (Å²) in [6.45, 7) is 1.79. The zero-order chi connectivity index (χ0) is 15.5. The molecule has 1 N–H and O–H groups in total. The maximum absolute atomic E-state index is 6.17. The molecule has 1 fully saturated rings. The van der Waals surface area contributed by atoms with Gasteiger partial charge in [0, 0.05) is 42.3 Å². The summed E-state index contributed by atoms with van der Waals surface area (Å²) in [5, 5.41) is 6.16. The maximum atomic E-state index is 6.17. The van der Waals surface area contributed by atoms with E-state index in [0.29, 0.717) is 5.92 Å². The third-order valence-corrected chi connectivity index (χ3v) is 4.81. The normalized spacial score (nSPS) is 20.5. The number of rotatable bonds is 4. The van der Waals surface area contributed by atoms with Crippen LogP contribution in [0.1, 0.15) is 11.5 Å². The van der Waals surface area contributed by atoms with Gasteiger partial charge in [-0.05, 0) is 17.7 Å². The summed E-state index contributed by atoms with van der Waals surface area (Å²) in [7, 11) is 0. The first-order valence-electron chi connectivity index (χ1n) is 7.68. The van der Waals surface area contributed by atoms with Crippen LogP contribution in [-0.2, 0) is 0 Å². The highest BCUT2D eigenvalue weighted by molar-refractivity contribution is 7.11. The Balaban J connectivity index is 1.51. The number of nitrogens with zero attached hydrogens (tertiary/aromatic N) is 2. The third-order valence-electron chi connectivity index (χ3n) is 4.08. The highest BCUT2D eigenvalue weighted by Gasteiger charge is 2.30. The molecule has 1 aliphatic heterocycles. The van der Waals surface area contributed by atoms with Gasteiger partial charge in [0.25, 0.3) is 5.19 Å². The number of hydrogen-bond acceptors (Lipinski definition) is 5. The van der Waals surface area contributed by atoms with Gasteiger partial charge >= 0.3 is 0 Å². The van der Waals surface area contributed by atoms with Crippen molar-refractivity contribution in [1.29, 1.82) is 0 Å². The molecule has 5 heteroatoms. The Morgan fingerprint density at radius 2 is 2.00 bits per heavy atom. The molecule has 3 heterocycles. The van der Waals surface area contributed by atoms with Gasteiger partial charge in [-0.15, -0.1) is 0 Å². The van der Waals surface area contributed by atoms with Crippen LogP contribution >= 0.6 is 11.3 Å². The van der Waals surface area contributed by atoms with Gasteiger partial charge in [0.2, 0.25) is 0 Å². The molecular weight excluding hydrogens is 306 g/mol. The molecule has 3 aromatic rings. The minimum absolute atomic E-state index is 0.116. The molecule has 23 heavy (non-hydrogen) atoms. The van der Waals surface area contributed by atoms with Crippen LogP contribution < -0.4 is 10.1 Å². The number of ether oxygens (including phenoxy) is 1. The van der Waals surface area contributed by atoms with Crippen molar-refractivity contribution < 1.29 is 4.74 Å². The van der Waals surface area contributed by atoms with Crippen LogP contribution in [0.4, 0.5) is 0 Å². The van der Waals surface area contributed by atoms with Crippen LogP contribution in [0.15, 0.2) is 60.2 Å². The SMILES string of the molecule is c1ccc([C@@H]2CNC[C@H]2Oc2nc(-c3cccnc3)cs2)cc1. The number of hydrogen-bond donors (Lipinski definition) is 1. The van der Waals surface area contributed by atoms with E-state index in [0.717, 1.165) is 29.5 Å². The van der Waals surface area contributed by atoms with E-state index < -0.39 is 0 Å². The number of pyridine rings is 1. The first-order chi connectivity index (χ1) is 11.4. The Morgan fingerprint density at radius 1 is 1.09 bits per heavy atom. The number of nitrogens with one attached hydrogen (secondary N) is 1. The molecule has 4 nitrogen and oxygen atoms in total. The fourth-order valence-corrected chi connectivity index (χ4v) is 3.63. The highest BCUT2D eigenvalue weighted by atomic mass is 32.1. The molecule has 1 aliphatic rings. The van der Waals surface area contributed by atoms with E-state index >= 15 is 0 Å². The van der Waals surface area contributed by atoms with Crippen molar-refractivity contribution in [1.82, 2.24) is 15.3 Å². The Kier molecular flexibility index (Phi) is 4.05. The van der Waals surface area contributed by atoms with Crippen LogP contribution in [0.25, 0.3) is 11.3 Å². The summed E-state index contributed by atoms with van der Waals surface area (Å²) in [6.07, 6.45) is 3.70. The van der Waals surface area contributed by atoms with E-state index in [1.807, 2.05) is 29.8 Å². The molecule has 0 unspecified atom stereocenters. The minimum atomic E-state index is 0.116. The lowest BCUT2D eigenvalue weighted by atomic mass is 9.96. The number of aromatic nitrogens is 2. The number of thiazole rings is 1. The molecule has 4 rings (SSSR count). The van der Waals surface area contributed by atoms with Crippen molar-refractivity contribution in [3.8, 4) is 16.5 Å². The monoisotopic (exact) mass is 323 g/mol. The van der Waals surface area contributed by atoms with Gasteiger partial charge in [0.15, 0.2) is 0 Å².